The molecule has 0 radical (unpaired) electrons. The number of methoxy groups -OCH3 is 1. The summed E-state index contributed by atoms with van der Waals surface area (Å²) in [7, 11) is 3.64. The Morgan fingerprint density at radius 2 is 0.796 bits per heavy atom. The van der Waals surface area contributed by atoms with E-state index in [2.05, 4.69) is 226 Å². The van der Waals surface area contributed by atoms with E-state index in [0.717, 1.165) is 164 Å². The summed E-state index contributed by atoms with van der Waals surface area (Å²) in [6, 6.07) is 39.4. The van der Waals surface area contributed by atoms with Crippen LogP contribution < -0.4 is 42.5 Å². The van der Waals surface area contributed by atoms with Crippen LogP contribution in [0.5, 0.6) is 0 Å². The van der Waals surface area contributed by atoms with E-state index in [-0.39, 0.29) is 33.9 Å². The summed E-state index contributed by atoms with van der Waals surface area (Å²) in [5.41, 5.74) is 14.2. The van der Waals surface area contributed by atoms with Crippen molar-refractivity contribution in [3.63, 3.8) is 0 Å². The topological polar surface area (TPSA) is 296 Å². The Labute approximate surface area is 846 Å². The number of nitrogens with zero attached hydrogens (tertiary/aromatic N) is 19. The van der Waals surface area contributed by atoms with Crippen LogP contribution in [-0.2, 0) is 63.2 Å². The molecule has 3 saturated heterocycles. The number of oxazole rings is 1. The highest BCUT2D eigenvalue weighted by atomic mass is 35.5. The van der Waals surface area contributed by atoms with Gasteiger partial charge in [-0.05, 0) is 287 Å². The lowest BCUT2D eigenvalue weighted by Crippen LogP contribution is -2.38. The molecule has 13 aromatic heterocycles. The van der Waals surface area contributed by atoms with Gasteiger partial charge in [0.05, 0.1) is 41.0 Å². The van der Waals surface area contributed by atoms with Gasteiger partial charge in [-0.25, -0.2) is 39.9 Å². The van der Waals surface area contributed by atoms with Crippen LogP contribution in [0, 0.1) is 103 Å². The molecule has 13 aromatic rings. The second kappa shape index (κ2) is 55.2. The fourth-order valence-electron chi connectivity index (χ4n) is 17.3. The molecule has 3 fully saturated rings. The van der Waals surface area contributed by atoms with E-state index in [1.807, 2.05) is 101 Å². The Balaban J connectivity index is 0.000000181. The molecule has 28 heteroatoms. The first kappa shape index (κ1) is 113. The Kier molecular flexibility index (Phi) is 44.0. The molecule has 0 unspecified atom stereocenters. The molecule has 762 valence electrons. The van der Waals surface area contributed by atoms with E-state index in [4.69, 9.17) is 20.8 Å². The molecule has 0 bridgehead atoms. The van der Waals surface area contributed by atoms with Crippen LogP contribution in [0.25, 0.3) is 29.0 Å². The molecule has 0 saturated carbocycles. The van der Waals surface area contributed by atoms with Gasteiger partial charge in [0.2, 0.25) is 5.88 Å². The van der Waals surface area contributed by atoms with Gasteiger partial charge in [0.15, 0.2) is 5.89 Å². The van der Waals surface area contributed by atoms with E-state index < -0.39 is 0 Å². The predicted octanol–water partition coefficient (Wildman–Crippen LogP) is 20.6. The number of anilines is 3. The largest absolute Gasteiger partial charge is 0.425 e. The van der Waals surface area contributed by atoms with Gasteiger partial charge in [0.1, 0.15) is 46.6 Å². The summed E-state index contributed by atoms with van der Waals surface area (Å²) >= 11 is 6.09. The van der Waals surface area contributed by atoms with Crippen LogP contribution in [0.2, 0.25) is 5.02 Å². The fraction of sp³-hybridized carbons (Fsp3) is 0.482. The third-order valence-corrected chi connectivity index (χ3v) is 23.7. The number of rotatable bonds is 25. The molecule has 3 aliphatic rings. The zero-order chi connectivity index (χ0) is 104. The Bertz CT molecular complexity index is 6470. The minimum atomic E-state index is -0.199. The highest BCUT2D eigenvalue weighted by Gasteiger charge is 2.26. The van der Waals surface area contributed by atoms with E-state index in [1.165, 1.54) is 57.6 Å². The predicted molar refractivity (Wildman–Crippen MR) is 576 cm³/mol. The van der Waals surface area contributed by atoms with Crippen molar-refractivity contribution in [1.82, 2.24) is 77.5 Å². The smallest absolute Gasteiger partial charge is 0.260 e. The van der Waals surface area contributed by atoms with E-state index in [0.29, 0.717) is 106 Å². The van der Waals surface area contributed by atoms with Gasteiger partial charge in [-0.1, -0.05) is 147 Å². The molecular weight excluding hydrogens is 1800 g/mol. The number of hydrogen-bond donors (Lipinski definition) is 1. The molecule has 0 spiro atoms. The van der Waals surface area contributed by atoms with Crippen molar-refractivity contribution in [2.75, 3.05) is 61.1 Å². The first-order valence-corrected chi connectivity index (χ1v) is 50.9. The molecule has 0 aliphatic carbocycles. The van der Waals surface area contributed by atoms with Crippen molar-refractivity contribution in [2.45, 2.75) is 262 Å². The normalized spacial score (nSPS) is 13.9. The zero-order valence-corrected chi connectivity index (χ0v) is 89.9. The molecule has 27 nitrogen and oxygen atoms in total. The van der Waals surface area contributed by atoms with Crippen molar-refractivity contribution >= 4 is 29.1 Å². The summed E-state index contributed by atoms with van der Waals surface area (Å²) in [6.07, 6.45) is 28.3. The van der Waals surface area contributed by atoms with Crippen molar-refractivity contribution in [3.8, 4) is 29.0 Å². The standard InChI is InChI=1S/C15H24N2O.C15H18N2O.C15H24N2O.C14H16ClN3O.C14H19N3O.C14H17N3O.C14H22N2.C13H16N2O2/c1-11(2)7-13-8-12(3)16-15(9-13)17-6-5-14(10-17)18-4;1-11(2)9-13-5-4-8-17(15(13)18)14-7-6-12(3)16-10-14;1-11(2)7-13-8-12(3)16-15(9-13)17-6-4-5-14(18)10-17;1-9(2)6-11-7-12(15)8-18(14(11)19)13-4-5-16-10(3)17-13;1-10(2)8-12-6-5-7-17(14(12)18)13-9-11(3)15-16(13)4;1-10(2)9-12-5-4-8-17(14(12)18)13-6-7-15-11(3)16-13;1-11(2)8-13-9-12(3)15-14(10-13)16-6-4-5-7-16;1-9(2)7-11-5-4-6-15(13(11)16)12-8-14-10(3)17-12/h8-9,11,14H,5-7,10H2,1-4H3;4-8,10-11H,9H2,1-3H3;8-9,11,14,18H,4-7,10H2,1-3H3;4-5,7-9H,6H2,1-3H3;5-7,9-10H,8H2,1-4H3;4-8,10H,9H2,1-3H3;9-11H,4-8H2,1-3H3;4-6,8-9H,7H2,1-3H3/t14-;;14-;;;;;/m0.0...../s1. The lowest BCUT2D eigenvalue weighted by Gasteiger charge is -2.31. The van der Waals surface area contributed by atoms with Gasteiger partial charge < -0.3 is 29.0 Å². The van der Waals surface area contributed by atoms with Crippen LogP contribution in [0.15, 0.2) is 205 Å². The van der Waals surface area contributed by atoms with Gasteiger partial charge in [-0.3, -0.25) is 56.5 Å². The number of pyridine rings is 9. The molecule has 0 amide bonds. The molecule has 142 heavy (non-hydrogen) atoms. The molecule has 16 heterocycles. The second-order valence-corrected chi connectivity index (χ2v) is 41.4. The van der Waals surface area contributed by atoms with Gasteiger partial charge in [0, 0.05) is 160 Å². The van der Waals surface area contributed by atoms with Crippen molar-refractivity contribution < 1.29 is 14.3 Å². The Hall–Kier alpha value is -12.5. The fourth-order valence-corrected chi connectivity index (χ4v) is 17.6. The van der Waals surface area contributed by atoms with E-state index in [9.17, 15) is 29.1 Å². The van der Waals surface area contributed by atoms with Crippen molar-refractivity contribution in [1.29, 1.82) is 0 Å². The van der Waals surface area contributed by atoms with Crippen LogP contribution in [0.3, 0.4) is 0 Å². The summed E-state index contributed by atoms with van der Waals surface area (Å²) < 4.78 is 20.4. The summed E-state index contributed by atoms with van der Waals surface area (Å²) in [5.74, 6) is 11.9. The highest BCUT2D eigenvalue weighted by molar-refractivity contribution is 6.30. The van der Waals surface area contributed by atoms with E-state index >= 15 is 0 Å². The lowest BCUT2D eigenvalue weighted by atomic mass is 10.0. The number of aliphatic hydroxyl groups is 1. The van der Waals surface area contributed by atoms with Crippen LogP contribution in [-0.4, -0.2) is 141 Å². The molecule has 16 rings (SSSR count). The SMILES string of the molecule is CO[C@H]1CCN(c2cc(CC(C)C)cc(C)n2)C1.Cc1cc(-n2cccc(CC(C)C)c2=O)n(C)n1.Cc1cc(CC(C)C)cc(N2CCCC2)n1.Cc1cc(CC(C)C)cc(N2CCC[C@H](O)C2)n1.Cc1ccc(-n2cccc(CC(C)C)c2=O)cn1.Cc1ncc(-n2cccc(CC(C)C)c2=O)o1.Cc1nccc(-n2cc(Cl)cc(CC(C)C)c2=O)n1.Cc1nccc(-n2cccc(CC(C)C)c2=O)n1. The van der Waals surface area contributed by atoms with Gasteiger partial charge >= 0.3 is 0 Å². The maximum absolute atomic E-state index is 12.4. The number of piperidine rings is 1. The van der Waals surface area contributed by atoms with Crippen molar-refractivity contribution in [2.24, 2.45) is 54.4 Å². The number of aromatic nitrogens is 16. The van der Waals surface area contributed by atoms with Crippen molar-refractivity contribution in [3.05, 3.63) is 324 Å². The Morgan fingerprint density at radius 3 is 1.21 bits per heavy atom. The third kappa shape index (κ3) is 35.9. The van der Waals surface area contributed by atoms with E-state index in [1.54, 1.807) is 113 Å². The number of aliphatic hydroxyl groups excluding tert-OH is 1. The minimum Gasteiger partial charge on any atom is -0.425 e. The third-order valence-electron chi connectivity index (χ3n) is 23.4. The lowest BCUT2D eigenvalue weighted by molar-refractivity contribution is 0.121. The number of β-amino-alcohol motifs (C(OH)–C–C–N with tert-alkyl or cyclic N) is 1. The summed E-state index contributed by atoms with van der Waals surface area (Å²) in [5, 5.41) is 14.6. The second-order valence-electron chi connectivity index (χ2n) is 41.0. The maximum Gasteiger partial charge on any atom is 0.260 e. The number of aryl methyl sites for hydroxylation is 9. The number of halogens is 1. The van der Waals surface area contributed by atoms with Crippen LogP contribution >= 0.6 is 11.6 Å². The molecule has 2 atom stereocenters. The van der Waals surface area contributed by atoms with Gasteiger partial charge in [-0.15, -0.1) is 0 Å². The zero-order valence-electron chi connectivity index (χ0n) is 89.1. The first-order chi connectivity index (χ1) is 67.5. The summed E-state index contributed by atoms with van der Waals surface area (Å²) in [4.78, 5) is 107. The van der Waals surface area contributed by atoms with Gasteiger partial charge in [0.25, 0.3) is 27.8 Å². The maximum atomic E-state index is 12.4. The first-order valence-electron chi connectivity index (χ1n) is 50.5. The highest BCUT2D eigenvalue weighted by Crippen LogP contribution is 2.27. The molecule has 1 N–H and O–H groups in total. The van der Waals surface area contributed by atoms with Crippen LogP contribution in [0.4, 0.5) is 17.5 Å². The molecular formula is C114H156ClN19O8. The molecule has 0 aromatic carbocycles. The minimum absolute atomic E-state index is 0.00398. The molecule has 3 aliphatic heterocycles. The average molecular weight is 1960 g/mol. The Morgan fingerprint density at radius 1 is 0.387 bits per heavy atom. The monoisotopic (exact) mass is 1950 g/mol. The van der Waals surface area contributed by atoms with Crippen LogP contribution in [0.1, 0.15) is 233 Å². The quantitative estimate of drug-likeness (QED) is 0.0556. The average Bonchev–Trinajstić information content (AvgIpc) is 1.20. The summed E-state index contributed by atoms with van der Waals surface area (Å²) in [6.45, 7) is 56.1. The van der Waals surface area contributed by atoms with Gasteiger partial charge in [-0.2, -0.15) is 5.10 Å². The number of hydrogen-bond acceptors (Lipinski definition) is 21. The number of ether oxygens (including phenoxy) is 1.